The summed E-state index contributed by atoms with van der Waals surface area (Å²) in [7, 11) is 0. The number of rotatable bonds is 0. The second-order valence-corrected chi connectivity index (χ2v) is 5.45. The molecule has 0 bridgehead atoms. The summed E-state index contributed by atoms with van der Waals surface area (Å²) in [4.78, 5) is 0. The third-order valence-electron chi connectivity index (χ3n) is 3.62. The average molecular weight is 222 g/mol. The van der Waals surface area contributed by atoms with Crippen LogP contribution < -0.4 is 0 Å². The lowest BCUT2D eigenvalue weighted by molar-refractivity contribution is 0.551. The minimum atomic E-state index is -0.140. The van der Waals surface area contributed by atoms with Crippen LogP contribution in [0.2, 0.25) is 0 Å². The van der Waals surface area contributed by atoms with E-state index in [1.54, 1.807) is 0 Å². The lowest BCUT2D eigenvalue weighted by Crippen LogP contribution is -2.22. The molecule has 2 rings (SSSR count). The van der Waals surface area contributed by atoms with Crippen molar-refractivity contribution in [2.75, 3.05) is 0 Å². The molecule has 15 heavy (non-hydrogen) atoms. The second kappa shape index (κ2) is 3.12. The second-order valence-electron chi connectivity index (χ2n) is 5.27. The Bertz CT molecular complexity index is 428. The van der Waals surface area contributed by atoms with Gasteiger partial charge in [0.15, 0.2) is 0 Å². The molecule has 0 saturated heterocycles. The highest BCUT2D eigenvalue weighted by Crippen LogP contribution is 2.53. The fourth-order valence-corrected chi connectivity index (χ4v) is 3.33. The van der Waals surface area contributed by atoms with Crippen molar-refractivity contribution in [3.05, 3.63) is 46.5 Å². The predicted octanol–water partition coefficient (Wildman–Crippen LogP) is 4.38. The number of benzene rings is 1. The summed E-state index contributed by atoms with van der Waals surface area (Å²) in [5.41, 5.74) is 3.51. The minimum Gasteiger partial charge on any atom is -0.0929 e. The molecule has 0 aromatic heterocycles. The van der Waals surface area contributed by atoms with E-state index in [-0.39, 0.29) is 16.3 Å². The van der Waals surface area contributed by atoms with Crippen molar-refractivity contribution >= 4 is 11.6 Å². The smallest absolute Gasteiger partial charge is 0.0755 e. The Morgan fingerprint density at radius 1 is 1.07 bits per heavy atom. The van der Waals surface area contributed by atoms with Gasteiger partial charge in [0, 0.05) is 16.3 Å². The number of allylic oxidation sites excluding steroid dienone is 1. The molecule has 0 unspecified atom stereocenters. The number of hydrogen-bond acceptors (Lipinski definition) is 0. The Morgan fingerprint density at radius 3 is 1.80 bits per heavy atom. The maximum absolute atomic E-state index is 7.81. The molecule has 0 saturated carbocycles. The van der Waals surface area contributed by atoms with Crippen LogP contribution in [0.4, 0.5) is 0 Å². The van der Waals surface area contributed by atoms with Gasteiger partial charge >= 0.3 is 0 Å². The summed E-state index contributed by atoms with van der Waals surface area (Å²) in [5, 5.41) is 0. The standard InChI is InChI=1S/C14H17Cl/c1-13(2)10-7-5-6-8-11(10)14(3,4)12(13)9-15/h5-9H,1-4H3/i9D. The third-order valence-corrected chi connectivity index (χ3v) is 3.81. The quantitative estimate of drug-likeness (QED) is 0.610. The Morgan fingerprint density at radius 2 is 1.47 bits per heavy atom. The molecule has 1 aromatic rings. The fourth-order valence-electron chi connectivity index (χ4n) is 2.86. The normalized spacial score (nSPS) is 22.2. The zero-order chi connectivity index (χ0) is 12.1. The fraction of sp³-hybridized carbons (Fsp3) is 0.429. The van der Waals surface area contributed by atoms with E-state index in [4.69, 9.17) is 13.0 Å². The maximum atomic E-state index is 7.81. The van der Waals surface area contributed by atoms with Crippen molar-refractivity contribution in [1.29, 1.82) is 0 Å². The molecule has 0 fully saturated rings. The lowest BCUT2D eigenvalue weighted by atomic mass is 9.77. The van der Waals surface area contributed by atoms with Crippen molar-refractivity contribution < 1.29 is 1.37 Å². The third kappa shape index (κ3) is 1.28. The van der Waals surface area contributed by atoms with Gasteiger partial charge in [-0.2, -0.15) is 0 Å². The molecule has 0 spiro atoms. The van der Waals surface area contributed by atoms with Crippen molar-refractivity contribution in [1.82, 2.24) is 0 Å². The largest absolute Gasteiger partial charge is 0.0929 e. The Balaban J connectivity index is 2.82. The summed E-state index contributed by atoms with van der Waals surface area (Å²) in [6, 6.07) is 8.39. The first-order valence-corrected chi connectivity index (χ1v) is 5.64. The summed E-state index contributed by atoms with van der Waals surface area (Å²) < 4.78 is 7.81. The van der Waals surface area contributed by atoms with E-state index in [1.807, 2.05) is 0 Å². The summed E-state index contributed by atoms with van der Waals surface area (Å²) in [6.45, 7) is 8.58. The van der Waals surface area contributed by atoms with Gasteiger partial charge in [-0.3, -0.25) is 0 Å². The van der Waals surface area contributed by atoms with Gasteiger partial charge < -0.3 is 0 Å². The van der Waals surface area contributed by atoms with E-state index in [0.717, 1.165) is 5.57 Å². The first kappa shape index (κ1) is 9.47. The van der Waals surface area contributed by atoms with E-state index in [2.05, 4.69) is 52.0 Å². The predicted molar refractivity (Wildman–Crippen MR) is 66.4 cm³/mol. The minimum absolute atomic E-state index is 0.140. The SMILES string of the molecule is [2H]C(Cl)=C1C(C)(C)c2ccccc2C1(C)C. The van der Waals surface area contributed by atoms with Gasteiger partial charge in [-0.05, 0) is 16.7 Å². The van der Waals surface area contributed by atoms with Crippen LogP contribution in [0.5, 0.6) is 0 Å². The summed E-state index contributed by atoms with van der Waals surface area (Å²) >= 11 is 5.99. The average Bonchev–Trinajstić information content (AvgIpc) is 2.31. The molecule has 0 nitrogen and oxygen atoms in total. The summed E-state index contributed by atoms with van der Waals surface area (Å²) in [5.74, 6) is 0. The molecule has 0 amide bonds. The molecule has 80 valence electrons. The van der Waals surface area contributed by atoms with Gasteiger partial charge in [0.25, 0.3) is 0 Å². The molecule has 1 aliphatic rings. The first-order chi connectivity index (χ1) is 7.29. The van der Waals surface area contributed by atoms with Crippen molar-refractivity contribution in [3.8, 4) is 0 Å². The molecule has 1 aromatic carbocycles. The van der Waals surface area contributed by atoms with E-state index in [9.17, 15) is 0 Å². The Hall–Kier alpha value is -0.750. The maximum Gasteiger partial charge on any atom is 0.0755 e. The molecular weight excluding hydrogens is 204 g/mol. The zero-order valence-corrected chi connectivity index (χ0v) is 10.4. The molecule has 0 atom stereocenters. The van der Waals surface area contributed by atoms with Crippen molar-refractivity contribution in [3.63, 3.8) is 0 Å². The number of hydrogen-bond donors (Lipinski definition) is 0. The molecule has 0 heterocycles. The molecule has 0 N–H and O–H groups in total. The zero-order valence-electron chi connectivity index (χ0n) is 10.7. The van der Waals surface area contributed by atoms with Gasteiger partial charge in [0.05, 0.1) is 1.37 Å². The highest BCUT2D eigenvalue weighted by molar-refractivity contribution is 6.26. The Kier molecular flexibility index (Phi) is 1.97. The van der Waals surface area contributed by atoms with Gasteiger partial charge in [-0.1, -0.05) is 63.6 Å². The first-order valence-electron chi connectivity index (χ1n) is 5.77. The van der Waals surface area contributed by atoms with E-state index >= 15 is 0 Å². The highest BCUT2D eigenvalue weighted by atomic mass is 35.5. The molecule has 1 heteroatoms. The monoisotopic (exact) mass is 221 g/mol. The van der Waals surface area contributed by atoms with Crippen LogP contribution >= 0.6 is 11.6 Å². The number of fused-ring (bicyclic) bond motifs is 1. The van der Waals surface area contributed by atoms with Crippen LogP contribution in [-0.4, -0.2) is 0 Å². The van der Waals surface area contributed by atoms with Crippen LogP contribution in [0.1, 0.15) is 40.2 Å². The van der Waals surface area contributed by atoms with Gasteiger partial charge in [-0.15, -0.1) is 0 Å². The van der Waals surface area contributed by atoms with E-state index < -0.39 is 0 Å². The lowest BCUT2D eigenvalue weighted by Gasteiger charge is -2.27. The molecular formula is C14H17Cl. The summed E-state index contributed by atoms with van der Waals surface area (Å²) in [6.07, 6.45) is 0. The van der Waals surface area contributed by atoms with Crippen LogP contribution in [0, 0.1) is 0 Å². The van der Waals surface area contributed by atoms with E-state index in [1.165, 1.54) is 11.1 Å². The van der Waals surface area contributed by atoms with E-state index in [0.29, 0.717) is 0 Å². The van der Waals surface area contributed by atoms with Crippen molar-refractivity contribution in [2.24, 2.45) is 0 Å². The van der Waals surface area contributed by atoms with Gasteiger partial charge in [0.1, 0.15) is 0 Å². The highest BCUT2D eigenvalue weighted by Gasteiger charge is 2.45. The molecule has 0 radical (unpaired) electrons. The Labute approximate surface area is 98.4 Å². The van der Waals surface area contributed by atoms with Crippen LogP contribution in [0.15, 0.2) is 35.3 Å². The van der Waals surface area contributed by atoms with Crippen molar-refractivity contribution in [2.45, 2.75) is 38.5 Å². The van der Waals surface area contributed by atoms with Crippen LogP contribution in [0.25, 0.3) is 0 Å². The van der Waals surface area contributed by atoms with Crippen LogP contribution in [-0.2, 0) is 10.8 Å². The van der Waals surface area contributed by atoms with Crippen LogP contribution in [0.3, 0.4) is 0 Å². The molecule has 0 aliphatic heterocycles. The van der Waals surface area contributed by atoms with Gasteiger partial charge in [-0.25, -0.2) is 0 Å². The number of halogens is 1. The molecule has 1 aliphatic carbocycles. The topological polar surface area (TPSA) is 0 Å². The van der Waals surface area contributed by atoms with Gasteiger partial charge in [0.2, 0.25) is 0 Å².